The van der Waals surface area contributed by atoms with E-state index in [0.29, 0.717) is 0 Å². The lowest BCUT2D eigenvalue weighted by molar-refractivity contribution is -0.673. The Morgan fingerprint density at radius 2 is 1.70 bits per heavy atom. The van der Waals surface area contributed by atoms with Crippen LogP contribution in [0.25, 0.3) is 10.9 Å². The van der Waals surface area contributed by atoms with E-state index in [0.717, 1.165) is 18.2 Å². The summed E-state index contributed by atoms with van der Waals surface area (Å²) in [6.07, 6.45) is 15.1. The van der Waals surface area contributed by atoms with Crippen molar-refractivity contribution in [2.75, 3.05) is 7.11 Å². The second-order valence-electron chi connectivity index (χ2n) is 8.56. The van der Waals surface area contributed by atoms with Crippen LogP contribution in [0.2, 0.25) is 0 Å². The first-order valence-corrected chi connectivity index (χ1v) is 12.4. The van der Waals surface area contributed by atoms with E-state index in [4.69, 9.17) is 4.74 Å². The van der Waals surface area contributed by atoms with Crippen molar-refractivity contribution >= 4 is 22.7 Å². The van der Waals surface area contributed by atoms with Gasteiger partial charge in [0.15, 0.2) is 6.20 Å². The molecule has 0 saturated heterocycles. The Bertz CT molecular complexity index is 931. The highest BCUT2D eigenvalue weighted by atomic mass is 32.2. The van der Waals surface area contributed by atoms with Gasteiger partial charge >= 0.3 is 0 Å². The molecule has 3 heteroatoms. The molecule has 4 rings (SSSR count). The summed E-state index contributed by atoms with van der Waals surface area (Å²) in [7, 11) is 1.71. The van der Waals surface area contributed by atoms with Crippen molar-refractivity contribution in [2.45, 2.75) is 74.1 Å². The number of aromatic nitrogens is 1. The Morgan fingerprint density at radius 3 is 2.50 bits per heavy atom. The number of methoxy groups -OCH3 is 1. The lowest BCUT2D eigenvalue weighted by Gasteiger charge is -2.21. The molecule has 2 nitrogen and oxygen atoms in total. The summed E-state index contributed by atoms with van der Waals surface area (Å²) in [5.41, 5.74) is 1.34. The lowest BCUT2D eigenvalue weighted by Crippen LogP contribution is -2.34. The monoisotopic (exact) mass is 420 g/mol. The minimum Gasteiger partial charge on any atom is -0.497 e. The number of fused-ring (bicyclic) bond motifs is 1. The zero-order valence-corrected chi connectivity index (χ0v) is 19.0. The van der Waals surface area contributed by atoms with Crippen LogP contribution in [-0.4, -0.2) is 7.11 Å². The predicted octanol–water partition coefficient (Wildman–Crippen LogP) is 7.43. The van der Waals surface area contributed by atoms with E-state index in [1.165, 1.54) is 78.5 Å². The summed E-state index contributed by atoms with van der Waals surface area (Å²) in [6, 6.07) is 19.4. The minimum atomic E-state index is 0.904. The largest absolute Gasteiger partial charge is 0.497 e. The second kappa shape index (κ2) is 10.9. The average Bonchev–Trinajstić information content (AvgIpc) is 2.80. The van der Waals surface area contributed by atoms with Gasteiger partial charge in [-0.05, 0) is 48.7 Å². The molecular weight excluding hydrogens is 386 g/mol. The summed E-state index contributed by atoms with van der Waals surface area (Å²) in [5, 5.41) is 1.32. The molecular formula is C27H34NOS+. The highest BCUT2D eigenvalue weighted by Crippen LogP contribution is 2.30. The third kappa shape index (κ3) is 5.78. The molecule has 2 aromatic carbocycles. The number of ether oxygens (including phenoxy) is 1. The highest BCUT2D eigenvalue weighted by Gasteiger charge is 2.14. The number of benzene rings is 2. The van der Waals surface area contributed by atoms with Crippen molar-refractivity contribution in [3.63, 3.8) is 0 Å². The summed E-state index contributed by atoms with van der Waals surface area (Å²) in [6.45, 7) is 1.10. The number of pyridine rings is 1. The maximum Gasteiger partial charge on any atom is 0.212 e. The van der Waals surface area contributed by atoms with Gasteiger partial charge in [-0.15, -0.1) is 0 Å². The molecule has 1 aliphatic rings. The van der Waals surface area contributed by atoms with Gasteiger partial charge in [-0.1, -0.05) is 68.8 Å². The average molecular weight is 421 g/mol. The lowest BCUT2D eigenvalue weighted by atomic mass is 9.85. The third-order valence-corrected chi connectivity index (χ3v) is 7.33. The number of unbranched alkanes of at least 4 members (excludes halogenated alkanes) is 2. The van der Waals surface area contributed by atoms with Crippen molar-refractivity contribution in [3.05, 3.63) is 60.8 Å². The van der Waals surface area contributed by atoms with Crippen LogP contribution in [0.15, 0.2) is 70.6 Å². The van der Waals surface area contributed by atoms with Crippen molar-refractivity contribution in [1.29, 1.82) is 0 Å². The normalized spacial score (nSPS) is 14.8. The Balaban J connectivity index is 1.39. The number of hydrogen-bond donors (Lipinski definition) is 0. The maximum absolute atomic E-state index is 5.29. The highest BCUT2D eigenvalue weighted by molar-refractivity contribution is 7.99. The minimum absolute atomic E-state index is 0.904. The fourth-order valence-corrected chi connectivity index (χ4v) is 5.58. The standard InChI is InChI=1S/C27H34NOS/c1-29-24-15-17-25(18-16-24)30-26-20-23-13-7-8-14-27(23)28(21-26)19-9-3-6-12-22-10-4-2-5-11-22/h7-8,13-18,20-22H,2-6,9-12,19H2,1H3/q+1. The summed E-state index contributed by atoms with van der Waals surface area (Å²) >= 11 is 1.82. The molecule has 1 heterocycles. The molecule has 0 bridgehead atoms. The van der Waals surface area contributed by atoms with Crippen LogP contribution in [0.3, 0.4) is 0 Å². The van der Waals surface area contributed by atoms with Crippen molar-refractivity contribution < 1.29 is 9.30 Å². The molecule has 0 radical (unpaired) electrons. The Morgan fingerprint density at radius 1 is 0.900 bits per heavy atom. The van der Waals surface area contributed by atoms with Gasteiger partial charge < -0.3 is 4.74 Å². The molecule has 30 heavy (non-hydrogen) atoms. The molecule has 1 aliphatic carbocycles. The van der Waals surface area contributed by atoms with Crippen LogP contribution in [-0.2, 0) is 6.54 Å². The van der Waals surface area contributed by atoms with Crippen molar-refractivity contribution in [3.8, 4) is 5.75 Å². The molecule has 1 aromatic heterocycles. The Labute approximate surface area is 185 Å². The third-order valence-electron chi connectivity index (χ3n) is 6.36. The van der Waals surface area contributed by atoms with Crippen LogP contribution < -0.4 is 9.30 Å². The van der Waals surface area contributed by atoms with Gasteiger partial charge in [-0.2, -0.15) is 4.57 Å². The molecule has 0 atom stereocenters. The number of nitrogens with zero attached hydrogens (tertiary/aromatic N) is 1. The van der Waals surface area contributed by atoms with Gasteiger partial charge in [0, 0.05) is 22.8 Å². The fourth-order valence-electron chi connectivity index (χ4n) is 4.67. The quantitative estimate of drug-likeness (QED) is 0.264. The van der Waals surface area contributed by atoms with Crippen LogP contribution in [0.1, 0.15) is 57.8 Å². The molecule has 0 N–H and O–H groups in total. The molecule has 0 unspecified atom stereocenters. The molecule has 0 amide bonds. The van der Waals surface area contributed by atoms with E-state index in [9.17, 15) is 0 Å². The zero-order chi connectivity index (χ0) is 20.6. The molecule has 0 spiro atoms. The number of hydrogen-bond acceptors (Lipinski definition) is 2. The molecule has 1 fully saturated rings. The summed E-state index contributed by atoms with van der Waals surface area (Å²) in [4.78, 5) is 2.53. The number of para-hydroxylation sites is 1. The first-order chi connectivity index (χ1) is 14.8. The summed E-state index contributed by atoms with van der Waals surface area (Å²) in [5.74, 6) is 1.91. The van der Waals surface area contributed by atoms with Crippen LogP contribution in [0.5, 0.6) is 5.75 Å². The second-order valence-corrected chi connectivity index (χ2v) is 9.71. The fraction of sp³-hybridized carbons (Fsp3) is 0.444. The van der Waals surface area contributed by atoms with Crippen LogP contribution >= 0.6 is 11.8 Å². The summed E-state index contributed by atoms with van der Waals surface area (Å²) < 4.78 is 7.75. The van der Waals surface area contributed by atoms with Gasteiger partial charge in [0.25, 0.3) is 0 Å². The van der Waals surface area contributed by atoms with Gasteiger partial charge in [0.1, 0.15) is 12.3 Å². The van der Waals surface area contributed by atoms with Gasteiger partial charge in [0.05, 0.1) is 12.0 Å². The zero-order valence-electron chi connectivity index (χ0n) is 18.2. The van der Waals surface area contributed by atoms with E-state index in [-0.39, 0.29) is 0 Å². The maximum atomic E-state index is 5.29. The van der Waals surface area contributed by atoms with Gasteiger partial charge in [-0.25, -0.2) is 0 Å². The number of aryl methyl sites for hydroxylation is 1. The van der Waals surface area contributed by atoms with E-state index < -0.39 is 0 Å². The molecule has 0 aliphatic heterocycles. The van der Waals surface area contributed by atoms with Crippen LogP contribution in [0.4, 0.5) is 0 Å². The van der Waals surface area contributed by atoms with Crippen LogP contribution in [0, 0.1) is 5.92 Å². The molecule has 3 aromatic rings. The van der Waals surface area contributed by atoms with Gasteiger partial charge in [-0.3, -0.25) is 0 Å². The Kier molecular flexibility index (Phi) is 7.69. The predicted molar refractivity (Wildman–Crippen MR) is 126 cm³/mol. The van der Waals surface area contributed by atoms with Gasteiger partial charge in [0.2, 0.25) is 5.52 Å². The van der Waals surface area contributed by atoms with E-state index in [1.54, 1.807) is 7.11 Å². The van der Waals surface area contributed by atoms with E-state index in [2.05, 4.69) is 53.2 Å². The molecule has 158 valence electrons. The van der Waals surface area contributed by atoms with Crippen molar-refractivity contribution in [1.82, 2.24) is 0 Å². The topological polar surface area (TPSA) is 13.1 Å². The smallest absolute Gasteiger partial charge is 0.212 e. The number of rotatable bonds is 9. The molecule has 1 saturated carbocycles. The SMILES string of the molecule is COc1ccc(Sc2cc3ccccc3[n+](CCCCCC3CCCCC3)c2)cc1. The first-order valence-electron chi connectivity index (χ1n) is 11.6. The Hall–Kier alpha value is -2.00. The van der Waals surface area contributed by atoms with E-state index in [1.807, 2.05) is 23.9 Å². The first kappa shape index (κ1) is 21.2. The van der Waals surface area contributed by atoms with E-state index >= 15 is 0 Å². The van der Waals surface area contributed by atoms with Crippen molar-refractivity contribution in [2.24, 2.45) is 5.92 Å².